The van der Waals surface area contributed by atoms with Gasteiger partial charge in [0.1, 0.15) is 28.5 Å². The summed E-state index contributed by atoms with van der Waals surface area (Å²) < 4.78 is 3.33. The first kappa shape index (κ1) is 16.6. The van der Waals surface area contributed by atoms with Gasteiger partial charge in [0.2, 0.25) is 0 Å². The minimum atomic E-state index is -0.152. The number of hydrogen-bond acceptors (Lipinski definition) is 4. The van der Waals surface area contributed by atoms with Crippen LogP contribution in [0.2, 0.25) is 0 Å². The molecule has 0 amide bonds. The van der Waals surface area contributed by atoms with Crippen LogP contribution in [-0.4, -0.2) is 27.2 Å². The monoisotopic (exact) mass is 345 g/mol. The van der Waals surface area contributed by atoms with E-state index in [1.807, 2.05) is 10.6 Å². The minimum absolute atomic E-state index is 0.152. The van der Waals surface area contributed by atoms with Gasteiger partial charge in [0, 0.05) is 31.7 Å². The van der Waals surface area contributed by atoms with Crippen molar-refractivity contribution >= 4 is 28.5 Å². The number of fused-ring (bicyclic) bond motifs is 1. The maximum absolute atomic E-state index is 12.7. The topological polar surface area (TPSA) is 66.8 Å². The highest BCUT2D eigenvalue weighted by Crippen LogP contribution is 2.31. The third-order valence-corrected chi connectivity index (χ3v) is 4.57. The first-order chi connectivity index (χ1) is 11.5. The first-order valence-electron chi connectivity index (χ1n) is 8.09. The Labute approximate surface area is 145 Å². The van der Waals surface area contributed by atoms with Crippen LogP contribution in [0.1, 0.15) is 31.7 Å². The Morgan fingerprint density at radius 1 is 1.42 bits per heavy atom. The van der Waals surface area contributed by atoms with E-state index in [9.17, 15) is 10.1 Å². The summed E-state index contributed by atoms with van der Waals surface area (Å²) in [7, 11) is 1.67. The Morgan fingerprint density at radius 2 is 2.12 bits per heavy atom. The minimum Gasteiger partial charge on any atom is -0.357 e. The van der Waals surface area contributed by atoms with Gasteiger partial charge in [-0.1, -0.05) is 17.7 Å². The largest absolute Gasteiger partial charge is 0.357 e. The molecular formula is C17H20ClN5O. The van der Waals surface area contributed by atoms with Gasteiger partial charge in [0.05, 0.1) is 6.33 Å². The predicted molar refractivity (Wildman–Crippen MR) is 95.4 cm³/mol. The maximum atomic E-state index is 12.7. The molecule has 0 N–H and O–H groups in total. The van der Waals surface area contributed by atoms with Crippen LogP contribution in [-0.2, 0) is 13.6 Å². The van der Waals surface area contributed by atoms with Gasteiger partial charge in [0.15, 0.2) is 0 Å². The first-order valence-corrected chi connectivity index (χ1v) is 8.47. The summed E-state index contributed by atoms with van der Waals surface area (Å²) in [5, 5.41) is 10.4. The molecule has 0 aliphatic carbocycles. The second-order valence-corrected chi connectivity index (χ2v) is 6.71. The molecule has 7 heteroatoms. The molecule has 0 unspecified atom stereocenters. The van der Waals surface area contributed by atoms with Crippen molar-refractivity contribution in [1.29, 1.82) is 5.26 Å². The van der Waals surface area contributed by atoms with Gasteiger partial charge in [-0.3, -0.25) is 4.79 Å². The van der Waals surface area contributed by atoms with E-state index in [2.05, 4.69) is 16.0 Å². The van der Waals surface area contributed by atoms with E-state index in [-0.39, 0.29) is 5.56 Å². The van der Waals surface area contributed by atoms with Crippen LogP contribution >= 0.6 is 11.6 Å². The van der Waals surface area contributed by atoms with Crippen molar-refractivity contribution in [1.82, 2.24) is 14.1 Å². The molecule has 3 heterocycles. The molecule has 1 fully saturated rings. The standard InChI is InChI=1S/C17H20ClN5O/c1-12(18)6-9-23-15-14(20-11-21(2)17(15)24)13(10-19)16(23)22-7-4-3-5-8-22/h6,11H,3-5,7-9H2,1-2H3/b12-6+. The van der Waals surface area contributed by atoms with E-state index >= 15 is 0 Å². The summed E-state index contributed by atoms with van der Waals surface area (Å²) in [5.41, 5.74) is 1.26. The molecule has 1 saturated heterocycles. The van der Waals surface area contributed by atoms with E-state index < -0.39 is 0 Å². The molecule has 0 atom stereocenters. The normalized spacial score (nSPS) is 15.8. The highest BCUT2D eigenvalue weighted by Gasteiger charge is 2.25. The fraction of sp³-hybridized carbons (Fsp3) is 0.471. The zero-order valence-corrected chi connectivity index (χ0v) is 14.7. The Balaban J connectivity index is 2.32. The van der Waals surface area contributed by atoms with Crippen LogP contribution < -0.4 is 10.5 Å². The average molecular weight is 346 g/mol. The molecule has 2 aromatic rings. The van der Waals surface area contributed by atoms with Crippen LogP contribution in [0.3, 0.4) is 0 Å². The quantitative estimate of drug-likeness (QED) is 0.857. The Kier molecular flexibility index (Phi) is 4.63. The van der Waals surface area contributed by atoms with Crippen molar-refractivity contribution in [2.75, 3.05) is 18.0 Å². The summed E-state index contributed by atoms with van der Waals surface area (Å²) in [4.78, 5) is 19.2. The molecule has 2 aromatic heterocycles. The van der Waals surface area contributed by atoms with Crippen LogP contribution in [0.15, 0.2) is 22.2 Å². The number of piperidine rings is 1. The van der Waals surface area contributed by atoms with Gasteiger partial charge >= 0.3 is 0 Å². The van der Waals surface area contributed by atoms with E-state index in [1.165, 1.54) is 17.3 Å². The van der Waals surface area contributed by atoms with Gasteiger partial charge in [-0.25, -0.2) is 4.98 Å². The van der Waals surface area contributed by atoms with Crippen LogP contribution in [0, 0.1) is 11.3 Å². The summed E-state index contributed by atoms with van der Waals surface area (Å²) in [6, 6.07) is 2.26. The predicted octanol–water partition coefficient (Wildman–Crippen LogP) is 2.74. The van der Waals surface area contributed by atoms with Crippen molar-refractivity contribution < 1.29 is 0 Å². The van der Waals surface area contributed by atoms with Crippen molar-refractivity contribution in [3.63, 3.8) is 0 Å². The lowest BCUT2D eigenvalue weighted by molar-refractivity contribution is 0.565. The van der Waals surface area contributed by atoms with Gasteiger partial charge in [-0.05, 0) is 26.2 Å². The second-order valence-electron chi connectivity index (χ2n) is 6.12. The molecule has 6 nitrogen and oxygen atoms in total. The van der Waals surface area contributed by atoms with E-state index in [0.29, 0.717) is 28.2 Å². The fourth-order valence-corrected chi connectivity index (χ4v) is 3.30. The number of allylic oxidation sites excluding steroid dienone is 2. The highest BCUT2D eigenvalue weighted by molar-refractivity contribution is 6.29. The average Bonchev–Trinajstić information content (AvgIpc) is 2.91. The highest BCUT2D eigenvalue weighted by atomic mass is 35.5. The summed E-state index contributed by atoms with van der Waals surface area (Å²) in [6.45, 7) is 4.01. The number of rotatable bonds is 3. The lowest BCUT2D eigenvalue weighted by Crippen LogP contribution is -2.32. The van der Waals surface area contributed by atoms with Crippen molar-refractivity contribution in [3.05, 3.63) is 33.4 Å². The van der Waals surface area contributed by atoms with E-state index in [4.69, 9.17) is 11.6 Å². The van der Waals surface area contributed by atoms with Crippen molar-refractivity contribution in [2.24, 2.45) is 7.05 Å². The molecule has 0 spiro atoms. The third kappa shape index (κ3) is 2.80. The number of aryl methyl sites for hydroxylation is 1. The van der Waals surface area contributed by atoms with E-state index in [1.54, 1.807) is 14.0 Å². The third-order valence-electron chi connectivity index (χ3n) is 4.42. The Hall–Kier alpha value is -2.26. The number of anilines is 1. The smallest absolute Gasteiger partial charge is 0.277 e. The molecule has 0 radical (unpaired) electrons. The summed E-state index contributed by atoms with van der Waals surface area (Å²) in [6.07, 6.45) is 6.68. The van der Waals surface area contributed by atoms with Gasteiger partial charge in [0.25, 0.3) is 5.56 Å². The number of halogens is 1. The molecule has 3 rings (SSSR count). The fourth-order valence-electron chi connectivity index (χ4n) is 3.23. The maximum Gasteiger partial charge on any atom is 0.277 e. The van der Waals surface area contributed by atoms with Crippen LogP contribution in [0.4, 0.5) is 5.82 Å². The number of aromatic nitrogens is 3. The van der Waals surface area contributed by atoms with E-state index in [0.717, 1.165) is 31.7 Å². The molecule has 1 aliphatic rings. The molecule has 126 valence electrons. The molecule has 24 heavy (non-hydrogen) atoms. The molecule has 0 bridgehead atoms. The number of nitrogens with zero attached hydrogens (tertiary/aromatic N) is 5. The van der Waals surface area contributed by atoms with Crippen molar-refractivity contribution in [2.45, 2.75) is 32.7 Å². The Bertz CT molecular complexity index is 892. The SMILES string of the molecule is C/C(Cl)=C\Cn1c(N2CCCCC2)c(C#N)c2ncn(C)c(=O)c21. The molecular weight excluding hydrogens is 326 g/mol. The van der Waals surface area contributed by atoms with Crippen LogP contribution in [0.5, 0.6) is 0 Å². The molecule has 0 aromatic carbocycles. The second kappa shape index (κ2) is 6.70. The molecule has 1 aliphatic heterocycles. The number of hydrogen-bond donors (Lipinski definition) is 0. The summed E-state index contributed by atoms with van der Waals surface area (Å²) in [5.74, 6) is 0.789. The van der Waals surface area contributed by atoms with Crippen LogP contribution in [0.25, 0.3) is 11.0 Å². The number of nitriles is 1. The van der Waals surface area contributed by atoms with Gasteiger partial charge < -0.3 is 14.0 Å². The Morgan fingerprint density at radius 3 is 2.75 bits per heavy atom. The lowest BCUT2D eigenvalue weighted by Gasteiger charge is -2.29. The lowest BCUT2D eigenvalue weighted by atomic mass is 10.1. The zero-order valence-electron chi connectivity index (χ0n) is 13.9. The molecule has 0 saturated carbocycles. The van der Waals surface area contributed by atoms with Gasteiger partial charge in [-0.2, -0.15) is 5.26 Å². The zero-order chi connectivity index (χ0) is 17.3. The summed E-state index contributed by atoms with van der Waals surface area (Å²) >= 11 is 6.00. The van der Waals surface area contributed by atoms with Gasteiger partial charge in [-0.15, -0.1) is 0 Å². The van der Waals surface area contributed by atoms with Crippen molar-refractivity contribution in [3.8, 4) is 6.07 Å².